The molecule has 7 heteroatoms. The molecule has 2 heterocycles. The van der Waals surface area contributed by atoms with Crippen molar-refractivity contribution >= 4 is 17.7 Å². The summed E-state index contributed by atoms with van der Waals surface area (Å²) in [5, 5.41) is 5.36. The van der Waals surface area contributed by atoms with Gasteiger partial charge in [-0.1, -0.05) is 12.1 Å². The molecular weight excluding hydrogens is 334 g/mol. The van der Waals surface area contributed by atoms with Gasteiger partial charge in [-0.05, 0) is 30.7 Å². The molecule has 1 aliphatic heterocycles. The van der Waals surface area contributed by atoms with Gasteiger partial charge in [0.2, 0.25) is 5.91 Å². The van der Waals surface area contributed by atoms with E-state index in [-0.39, 0.29) is 29.5 Å². The highest BCUT2D eigenvalue weighted by Crippen LogP contribution is 2.24. The summed E-state index contributed by atoms with van der Waals surface area (Å²) < 4.78 is 5.56. The summed E-state index contributed by atoms with van der Waals surface area (Å²) in [6, 6.07) is 10.4. The number of likely N-dealkylation sites (tertiary alicyclic amines) is 1. The van der Waals surface area contributed by atoms with Crippen LogP contribution in [0.3, 0.4) is 0 Å². The second-order valence-electron chi connectivity index (χ2n) is 6.26. The van der Waals surface area contributed by atoms with Crippen molar-refractivity contribution in [3.05, 3.63) is 47.7 Å². The molecule has 0 spiro atoms. The number of furan rings is 1. The molecule has 26 heavy (non-hydrogen) atoms. The zero-order valence-corrected chi connectivity index (χ0v) is 14.7. The van der Waals surface area contributed by atoms with Gasteiger partial charge in [0.1, 0.15) is 5.76 Å². The van der Waals surface area contributed by atoms with E-state index < -0.39 is 0 Å². The van der Waals surface area contributed by atoms with Crippen molar-refractivity contribution in [1.82, 2.24) is 15.5 Å². The quantitative estimate of drug-likeness (QED) is 0.872. The molecule has 1 unspecified atom stereocenters. The second kappa shape index (κ2) is 7.43. The highest BCUT2D eigenvalue weighted by Gasteiger charge is 2.27. The van der Waals surface area contributed by atoms with E-state index in [2.05, 4.69) is 10.6 Å². The number of nitrogens with one attached hydrogen (secondary N) is 2. The molecule has 1 fully saturated rings. The summed E-state index contributed by atoms with van der Waals surface area (Å²) in [5.41, 5.74) is 1.27. The summed E-state index contributed by atoms with van der Waals surface area (Å²) in [5.74, 6) is 0.270. The Morgan fingerprint density at radius 3 is 2.73 bits per heavy atom. The fourth-order valence-electron chi connectivity index (χ4n) is 3.08. The average molecular weight is 355 g/mol. The van der Waals surface area contributed by atoms with Crippen LogP contribution in [0, 0.1) is 0 Å². The fraction of sp³-hybridized carbons (Fsp3) is 0.316. The minimum Gasteiger partial charge on any atom is -0.451 e. The molecule has 0 bridgehead atoms. The first-order valence-electron chi connectivity index (χ1n) is 8.46. The number of nitrogens with zero attached hydrogens (tertiary/aromatic N) is 1. The molecule has 1 atom stereocenters. The maximum atomic E-state index is 12.7. The molecule has 2 aromatic rings. The number of benzene rings is 1. The molecule has 1 aromatic carbocycles. The van der Waals surface area contributed by atoms with E-state index in [1.165, 1.54) is 14.0 Å². The number of amides is 3. The smallest absolute Gasteiger partial charge is 0.286 e. The van der Waals surface area contributed by atoms with E-state index in [0.29, 0.717) is 24.4 Å². The lowest BCUT2D eigenvalue weighted by Gasteiger charge is -2.17. The van der Waals surface area contributed by atoms with Gasteiger partial charge in [0.05, 0.1) is 0 Å². The molecule has 3 rings (SSSR count). The summed E-state index contributed by atoms with van der Waals surface area (Å²) in [6.45, 7) is 2.59. The Hall–Kier alpha value is -3.09. The van der Waals surface area contributed by atoms with Gasteiger partial charge >= 0.3 is 0 Å². The highest BCUT2D eigenvalue weighted by atomic mass is 16.3. The number of rotatable bonds is 4. The van der Waals surface area contributed by atoms with Crippen LogP contribution >= 0.6 is 0 Å². The Balaban J connectivity index is 1.75. The summed E-state index contributed by atoms with van der Waals surface area (Å²) in [6.07, 6.45) is 0.749. The molecule has 1 aromatic heterocycles. The van der Waals surface area contributed by atoms with Gasteiger partial charge in [-0.25, -0.2) is 0 Å². The van der Waals surface area contributed by atoms with Gasteiger partial charge in [-0.2, -0.15) is 0 Å². The lowest BCUT2D eigenvalue weighted by atomic mass is 10.1. The molecule has 1 aliphatic rings. The monoisotopic (exact) mass is 355 g/mol. The Labute approximate surface area is 151 Å². The molecule has 2 N–H and O–H groups in total. The Kier molecular flexibility index (Phi) is 5.06. The predicted octanol–water partition coefficient (Wildman–Crippen LogP) is 1.66. The molecule has 1 saturated heterocycles. The molecule has 0 aliphatic carbocycles. The van der Waals surface area contributed by atoms with E-state index in [9.17, 15) is 14.4 Å². The van der Waals surface area contributed by atoms with E-state index in [0.717, 1.165) is 12.0 Å². The van der Waals surface area contributed by atoms with Crippen molar-refractivity contribution in [3.8, 4) is 11.3 Å². The highest BCUT2D eigenvalue weighted by molar-refractivity contribution is 5.96. The Morgan fingerprint density at radius 1 is 1.19 bits per heavy atom. The molecule has 136 valence electrons. The van der Waals surface area contributed by atoms with Gasteiger partial charge in [0.15, 0.2) is 5.76 Å². The molecule has 3 amide bonds. The third-order valence-corrected chi connectivity index (χ3v) is 4.33. The van der Waals surface area contributed by atoms with Crippen molar-refractivity contribution < 1.29 is 18.8 Å². The lowest BCUT2D eigenvalue weighted by molar-refractivity contribution is -0.119. The van der Waals surface area contributed by atoms with Crippen molar-refractivity contribution in [2.24, 2.45) is 0 Å². The zero-order chi connectivity index (χ0) is 18.7. The van der Waals surface area contributed by atoms with Crippen molar-refractivity contribution in [2.45, 2.75) is 19.4 Å². The summed E-state index contributed by atoms with van der Waals surface area (Å²) in [7, 11) is 1.54. The first kappa shape index (κ1) is 17.7. The first-order chi connectivity index (χ1) is 12.5. The van der Waals surface area contributed by atoms with Gasteiger partial charge in [0.25, 0.3) is 11.8 Å². The van der Waals surface area contributed by atoms with Crippen LogP contribution in [-0.4, -0.2) is 48.8 Å². The van der Waals surface area contributed by atoms with E-state index in [4.69, 9.17) is 4.42 Å². The van der Waals surface area contributed by atoms with Crippen LogP contribution in [0.4, 0.5) is 0 Å². The van der Waals surface area contributed by atoms with Crippen molar-refractivity contribution in [2.75, 3.05) is 20.1 Å². The van der Waals surface area contributed by atoms with Crippen molar-refractivity contribution in [3.63, 3.8) is 0 Å². The van der Waals surface area contributed by atoms with E-state index >= 15 is 0 Å². The molecule has 7 nitrogen and oxygen atoms in total. The van der Waals surface area contributed by atoms with Crippen LogP contribution < -0.4 is 10.6 Å². The largest absolute Gasteiger partial charge is 0.451 e. The molecule has 0 radical (unpaired) electrons. The SMILES string of the molecule is CNC(=O)c1ccc(-c2cccc(C(=O)N3CCC(NC(C)=O)C3)c2)o1. The average Bonchev–Trinajstić information content (AvgIpc) is 3.30. The number of hydrogen-bond acceptors (Lipinski definition) is 4. The standard InChI is InChI=1S/C19H21N3O4/c1-12(23)21-15-8-9-22(11-15)19(25)14-5-3-4-13(10-14)16-6-7-17(26-16)18(24)20-2/h3-7,10,15H,8-9,11H2,1-2H3,(H,20,24)(H,21,23). The number of carbonyl (C=O) groups excluding carboxylic acids is 3. The van der Waals surface area contributed by atoms with Crippen LogP contribution in [0.15, 0.2) is 40.8 Å². The predicted molar refractivity (Wildman–Crippen MR) is 95.7 cm³/mol. The van der Waals surface area contributed by atoms with Crippen LogP contribution in [-0.2, 0) is 4.79 Å². The Bertz CT molecular complexity index is 843. The lowest BCUT2D eigenvalue weighted by Crippen LogP contribution is -2.37. The number of hydrogen-bond donors (Lipinski definition) is 2. The zero-order valence-electron chi connectivity index (χ0n) is 14.7. The van der Waals surface area contributed by atoms with Gasteiger partial charge < -0.3 is 20.0 Å². The fourth-order valence-corrected chi connectivity index (χ4v) is 3.08. The molecular formula is C19H21N3O4. The summed E-state index contributed by atoms with van der Waals surface area (Å²) >= 11 is 0. The van der Waals surface area contributed by atoms with Crippen LogP contribution in [0.5, 0.6) is 0 Å². The van der Waals surface area contributed by atoms with E-state index in [1.807, 2.05) is 6.07 Å². The third kappa shape index (κ3) is 3.77. The maximum absolute atomic E-state index is 12.7. The van der Waals surface area contributed by atoms with Crippen LogP contribution in [0.2, 0.25) is 0 Å². The van der Waals surface area contributed by atoms with E-state index in [1.54, 1.807) is 35.2 Å². The topological polar surface area (TPSA) is 91.7 Å². The normalized spacial score (nSPS) is 16.4. The Morgan fingerprint density at radius 2 is 2.00 bits per heavy atom. The first-order valence-corrected chi connectivity index (χ1v) is 8.46. The van der Waals surface area contributed by atoms with Gasteiger partial charge in [0, 0.05) is 44.2 Å². The molecule has 0 saturated carbocycles. The van der Waals surface area contributed by atoms with Crippen LogP contribution in [0.25, 0.3) is 11.3 Å². The van der Waals surface area contributed by atoms with Gasteiger partial charge in [-0.3, -0.25) is 14.4 Å². The minimum absolute atomic E-state index is 0.000166. The van der Waals surface area contributed by atoms with Crippen molar-refractivity contribution in [1.29, 1.82) is 0 Å². The third-order valence-electron chi connectivity index (χ3n) is 4.33. The van der Waals surface area contributed by atoms with Crippen LogP contribution in [0.1, 0.15) is 34.3 Å². The minimum atomic E-state index is -0.301. The summed E-state index contributed by atoms with van der Waals surface area (Å²) in [4.78, 5) is 37.3. The van der Waals surface area contributed by atoms with Gasteiger partial charge in [-0.15, -0.1) is 0 Å². The second-order valence-corrected chi connectivity index (χ2v) is 6.26. The number of carbonyl (C=O) groups is 3. The maximum Gasteiger partial charge on any atom is 0.286 e.